The number of furan rings is 1. The fourth-order valence-electron chi connectivity index (χ4n) is 7.48. The molecule has 0 unspecified atom stereocenters. The Hall–Kier alpha value is -6.92. The van der Waals surface area contributed by atoms with E-state index in [9.17, 15) is 0 Å². The second-order valence-corrected chi connectivity index (χ2v) is 14.8. The molecule has 10 rings (SSSR count). The van der Waals surface area contributed by atoms with Gasteiger partial charge in [-0.15, -0.1) is 0 Å². The number of aromatic nitrogens is 5. The molecule has 0 N–H and O–H groups in total. The lowest BCUT2D eigenvalue weighted by Crippen LogP contribution is -2.10. The molecule has 258 valence electrons. The molecule has 6 nitrogen and oxygen atoms in total. The predicted octanol–water partition coefficient (Wildman–Crippen LogP) is 12.2. The third-order valence-electron chi connectivity index (χ3n) is 10.3. The molecule has 0 saturated heterocycles. The highest BCUT2D eigenvalue weighted by Gasteiger charge is 2.18. The van der Waals surface area contributed by atoms with Gasteiger partial charge in [0.25, 0.3) is 0 Å². The normalized spacial score (nSPS) is 12.0. The van der Waals surface area contributed by atoms with Crippen LogP contribution in [0.4, 0.5) is 0 Å². The van der Waals surface area contributed by atoms with E-state index in [1.807, 2.05) is 54.9 Å². The van der Waals surface area contributed by atoms with E-state index >= 15 is 0 Å². The minimum atomic E-state index is 0.0415. The number of hydrogen-bond donors (Lipinski definition) is 0. The third-order valence-corrected chi connectivity index (χ3v) is 10.3. The number of rotatable bonds is 5. The fourth-order valence-corrected chi connectivity index (χ4v) is 7.48. The zero-order valence-electron chi connectivity index (χ0n) is 30.2. The summed E-state index contributed by atoms with van der Waals surface area (Å²) in [6.45, 7) is 6.65. The summed E-state index contributed by atoms with van der Waals surface area (Å²) in [5.74, 6) is 1.80. The van der Waals surface area contributed by atoms with Crippen molar-refractivity contribution in [3.63, 3.8) is 0 Å². The van der Waals surface area contributed by atoms with Crippen molar-refractivity contribution in [1.29, 1.82) is 0 Å². The molecule has 0 bridgehead atoms. The molecule has 0 radical (unpaired) electrons. The van der Waals surface area contributed by atoms with Crippen LogP contribution in [0.25, 0.3) is 94.7 Å². The Kier molecular flexibility index (Phi) is 7.27. The van der Waals surface area contributed by atoms with Crippen LogP contribution in [0.3, 0.4) is 0 Å². The minimum absolute atomic E-state index is 0.0415. The fraction of sp³-hybridized carbons (Fsp3) is 0.0833. The van der Waals surface area contributed by atoms with Crippen LogP contribution in [0.15, 0.2) is 162 Å². The molecule has 54 heavy (non-hydrogen) atoms. The molecule has 0 fully saturated rings. The summed E-state index contributed by atoms with van der Waals surface area (Å²) < 4.78 is 8.55. The summed E-state index contributed by atoms with van der Waals surface area (Å²) in [6.07, 6.45) is 3.75. The van der Waals surface area contributed by atoms with Crippen molar-refractivity contribution in [3.05, 3.63) is 164 Å². The molecule has 0 amide bonds. The topological polar surface area (TPSA) is 69.6 Å². The van der Waals surface area contributed by atoms with E-state index in [0.717, 1.165) is 71.9 Å². The number of benzene rings is 6. The zero-order valence-corrected chi connectivity index (χ0v) is 30.2. The highest BCUT2D eigenvalue weighted by Crippen LogP contribution is 2.37. The Morgan fingerprint density at radius 3 is 1.78 bits per heavy atom. The monoisotopic (exact) mass is 697 g/mol. The van der Waals surface area contributed by atoms with E-state index in [2.05, 4.69) is 128 Å². The molecule has 0 atom stereocenters. The Bertz CT molecular complexity index is 3020. The van der Waals surface area contributed by atoms with Crippen LogP contribution in [0.1, 0.15) is 26.3 Å². The molecule has 4 heterocycles. The lowest BCUT2D eigenvalue weighted by atomic mass is 9.87. The number of pyridine rings is 1. The molecule has 10 aromatic rings. The molecule has 6 aromatic carbocycles. The molecule has 0 aliphatic rings. The van der Waals surface area contributed by atoms with Crippen molar-refractivity contribution < 1.29 is 4.42 Å². The first-order valence-corrected chi connectivity index (χ1v) is 18.2. The van der Waals surface area contributed by atoms with Gasteiger partial charge in [0.1, 0.15) is 11.2 Å². The highest BCUT2D eigenvalue weighted by molar-refractivity contribution is 6.11. The molecular formula is C48H35N5O. The molecular weight excluding hydrogens is 663 g/mol. The maximum atomic E-state index is 6.26. The molecule has 0 spiro atoms. The van der Waals surface area contributed by atoms with Crippen molar-refractivity contribution in [2.75, 3.05) is 0 Å². The number of hydrogen-bond acceptors (Lipinski definition) is 5. The van der Waals surface area contributed by atoms with Crippen molar-refractivity contribution in [3.8, 4) is 51.0 Å². The smallest absolute Gasteiger partial charge is 0.165 e. The second kappa shape index (κ2) is 12.3. The van der Waals surface area contributed by atoms with Crippen LogP contribution in [-0.2, 0) is 5.41 Å². The summed E-state index contributed by atoms with van der Waals surface area (Å²) in [4.78, 5) is 19.8. The molecule has 0 aliphatic heterocycles. The van der Waals surface area contributed by atoms with E-state index in [1.54, 1.807) is 0 Å². The van der Waals surface area contributed by atoms with Gasteiger partial charge in [-0.25, -0.2) is 15.0 Å². The van der Waals surface area contributed by atoms with Gasteiger partial charge in [0.2, 0.25) is 0 Å². The van der Waals surface area contributed by atoms with E-state index in [4.69, 9.17) is 24.4 Å². The number of fused-ring (bicyclic) bond motifs is 6. The van der Waals surface area contributed by atoms with E-state index in [1.165, 1.54) is 10.9 Å². The summed E-state index contributed by atoms with van der Waals surface area (Å²) >= 11 is 0. The van der Waals surface area contributed by atoms with Gasteiger partial charge in [-0.1, -0.05) is 130 Å². The van der Waals surface area contributed by atoms with Gasteiger partial charge in [0.05, 0.1) is 22.9 Å². The number of para-hydroxylation sites is 2. The van der Waals surface area contributed by atoms with Crippen LogP contribution in [0.5, 0.6) is 0 Å². The Morgan fingerprint density at radius 2 is 1.02 bits per heavy atom. The first-order chi connectivity index (χ1) is 26.4. The lowest BCUT2D eigenvalue weighted by Gasteiger charge is -2.19. The van der Waals surface area contributed by atoms with E-state index < -0.39 is 0 Å². The molecule has 0 aliphatic carbocycles. The standard InChI is InChI=1S/C48H35N5O/c1-48(2,3)35-21-17-31(18-22-35)46-50-45(30-11-5-4-6-12-30)51-47(52-46)34-25-36(29-49-28-34)53-41-15-9-7-13-37(41)38-23-19-32(26-42(38)53)33-20-24-40-39-14-8-10-16-43(39)54-44(40)27-33/h4-29H,1-3H3. The van der Waals surface area contributed by atoms with Gasteiger partial charge in [-0.2, -0.15) is 0 Å². The maximum Gasteiger partial charge on any atom is 0.165 e. The minimum Gasteiger partial charge on any atom is -0.456 e. The van der Waals surface area contributed by atoms with Crippen molar-refractivity contribution >= 4 is 43.7 Å². The van der Waals surface area contributed by atoms with Crippen LogP contribution in [0.2, 0.25) is 0 Å². The summed E-state index contributed by atoms with van der Waals surface area (Å²) in [5.41, 5.74) is 11.0. The first-order valence-electron chi connectivity index (χ1n) is 18.2. The van der Waals surface area contributed by atoms with Gasteiger partial charge in [-0.3, -0.25) is 4.98 Å². The van der Waals surface area contributed by atoms with Gasteiger partial charge in [0.15, 0.2) is 17.5 Å². The van der Waals surface area contributed by atoms with Gasteiger partial charge in [0, 0.05) is 44.4 Å². The summed E-state index contributed by atoms with van der Waals surface area (Å²) in [5, 5.41) is 4.58. The first kappa shape index (κ1) is 31.8. The van der Waals surface area contributed by atoms with Gasteiger partial charge >= 0.3 is 0 Å². The van der Waals surface area contributed by atoms with Crippen molar-refractivity contribution in [1.82, 2.24) is 24.5 Å². The highest BCUT2D eigenvalue weighted by atomic mass is 16.3. The van der Waals surface area contributed by atoms with Crippen LogP contribution >= 0.6 is 0 Å². The van der Waals surface area contributed by atoms with Gasteiger partial charge in [-0.05, 0) is 58.5 Å². The van der Waals surface area contributed by atoms with E-state index in [-0.39, 0.29) is 5.41 Å². The van der Waals surface area contributed by atoms with Crippen LogP contribution in [0, 0.1) is 0 Å². The van der Waals surface area contributed by atoms with Crippen molar-refractivity contribution in [2.45, 2.75) is 26.2 Å². The maximum absolute atomic E-state index is 6.26. The Balaban J connectivity index is 1.12. The number of nitrogens with zero attached hydrogens (tertiary/aromatic N) is 5. The Morgan fingerprint density at radius 1 is 0.444 bits per heavy atom. The quantitative estimate of drug-likeness (QED) is 0.179. The third kappa shape index (κ3) is 5.42. The van der Waals surface area contributed by atoms with Gasteiger partial charge < -0.3 is 8.98 Å². The lowest BCUT2D eigenvalue weighted by molar-refractivity contribution is 0.590. The average Bonchev–Trinajstić information content (AvgIpc) is 3.76. The summed E-state index contributed by atoms with van der Waals surface area (Å²) in [6, 6.07) is 50.6. The Labute approximate surface area is 312 Å². The van der Waals surface area contributed by atoms with Crippen LogP contribution in [-0.4, -0.2) is 24.5 Å². The SMILES string of the molecule is CC(C)(C)c1ccc(-c2nc(-c3ccccc3)nc(-c3cncc(-n4c5ccccc5c5ccc(-c6ccc7c(c6)oc6ccccc67)cc54)c3)n2)cc1. The predicted molar refractivity (Wildman–Crippen MR) is 220 cm³/mol. The van der Waals surface area contributed by atoms with Crippen molar-refractivity contribution in [2.24, 2.45) is 0 Å². The average molecular weight is 698 g/mol. The molecule has 6 heteroatoms. The van der Waals surface area contributed by atoms with E-state index in [0.29, 0.717) is 17.5 Å². The zero-order chi connectivity index (χ0) is 36.4. The molecule has 4 aromatic heterocycles. The molecule has 0 saturated carbocycles. The second-order valence-electron chi connectivity index (χ2n) is 14.8. The largest absolute Gasteiger partial charge is 0.456 e. The van der Waals surface area contributed by atoms with Crippen LogP contribution < -0.4 is 0 Å². The summed E-state index contributed by atoms with van der Waals surface area (Å²) in [7, 11) is 0.